The van der Waals surface area contributed by atoms with Gasteiger partial charge in [0.15, 0.2) is 0 Å². The van der Waals surface area contributed by atoms with Crippen molar-refractivity contribution in [2.24, 2.45) is 13.0 Å². The number of amides is 2. The number of benzene rings is 3. The van der Waals surface area contributed by atoms with Crippen molar-refractivity contribution in [3.63, 3.8) is 0 Å². The van der Waals surface area contributed by atoms with Gasteiger partial charge in [0.1, 0.15) is 5.75 Å². The van der Waals surface area contributed by atoms with Crippen LogP contribution in [0.4, 0.5) is 49.4 Å². The number of piperidine rings is 1. The number of ether oxygens (including phenoxy) is 1. The van der Waals surface area contributed by atoms with Crippen molar-refractivity contribution < 1.29 is 40.7 Å². The van der Waals surface area contributed by atoms with Crippen molar-refractivity contribution in [3.05, 3.63) is 69.7 Å². The summed E-state index contributed by atoms with van der Waals surface area (Å²) < 4.78 is 83.5. The van der Waals surface area contributed by atoms with E-state index in [0.717, 1.165) is 12.1 Å². The van der Waals surface area contributed by atoms with Gasteiger partial charge < -0.3 is 30.2 Å². The average molecular weight is 703 g/mol. The Morgan fingerprint density at radius 1 is 1.04 bits per heavy atom. The van der Waals surface area contributed by atoms with E-state index >= 15 is 0 Å². The molecule has 250 valence electrons. The minimum atomic E-state index is -4.89. The van der Waals surface area contributed by atoms with E-state index in [1.807, 2.05) is 0 Å². The highest BCUT2D eigenvalue weighted by Crippen LogP contribution is 2.39. The van der Waals surface area contributed by atoms with Gasteiger partial charge in [-0.3, -0.25) is 9.59 Å². The molecule has 0 spiro atoms. The Balaban J connectivity index is 1.50. The van der Waals surface area contributed by atoms with Crippen LogP contribution in [0.1, 0.15) is 28.8 Å². The van der Waals surface area contributed by atoms with Crippen LogP contribution in [0, 0.1) is 5.92 Å². The second kappa shape index (κ2) is 13.4. The number of aromatic nitrogens is 2. The van der Waals surface area contributed by atoms with Gasteiger partial charge >= 0.3 is 12.5 Å². The molecule has 0 atom stereocenters. The van der Waals surface area contributed by atoms with Crippen LogP contribution in [-0.2, 0) is 18.4 Å². The number of nitrogens with one attached hydrogen (secondary N) is 3. The lowest BCUT2D eigenvalue weighted by Gasteiger charge is -2.35. The molecule has 3 aromatic carbocycles. The average Bonchev–Trinajstić information content (AvgIpc) is 3.31. The van der Waals surface area contributed by atoms with Crippen LogP contribution in [-0.4, -0.2) is 47.5 Å². The Labute approximate surface area is 273 Å². The van der Waals surface area contributed by atoms with Gasteiger partial charge in [-0.25, -0.2) is 4.98 Å². The van der Waals surface area contributed by atoms with Gasteiger partial charge in [0, 0.05) is 32.4 Å². The van der Waals surface area contributed by atoms with Gasteiger partial charge in [-0.05, 0) is 60.9 Å². The van der Waals surface area contributed by atoms with Gasteiger partial charge in [0.25, 0.3) is 5.91 Å². The van der Waals surface area contributed by atoms with E-state index < -0.39 is 30.1 Å². The van der Waals surface area contributed by atoms with Crippen molar-refractivity contribution in [1.82, 2.24) is 14.9 Å². The Morgan fingerprint density at radius 2 is 1.72 bits per heavy atom. The summed E-state index contributed by atoms with van der Waals surface area (Å²) in [6.45, 7) is 0.187. The van der Waals surface area contributed by atoms with E-state index in [1.165, 1.54) is 18.2 Å². The molecular weight excluding hydrogens is 677 g/mol. The topological polar surface area (TPSA) is 101 Å². The Bertz CT molecular complexity index is 1790. The first-order chi connectivity index (χ1) is 22.1. The molecule has 0 radical (unpaired) electrons. The van der Waals surface area contributed by atoms with Gasteiger partial charge in [0.05, 0.1) is 43.9 Å². The van der Waals surface area contributed by atoms with Crippen molar-refractivity contribution in [1.29, 1.82) is 0 Å². The van der Waals surface area contributed by atoms with E-state index in [4.69, 9.17) is 23.2 Å². The van der Waals surface area contributed by atoms with Crippen molar-refractivity contribution in [2.45, 2.75) is 31.9 Å². The Morgan fingerprint density at radius 3 is 2.34 bits per heavy atom. The standard InChI is InChI=1S/C30H26Cl2F6N6O3/c1-43-24-13-23(44-10-8-17(9-11-44)29(33,34)35)20(27(46)40-18-3-5-19(6-4-18)47-30(36,37)38)12-22(24)41-28(43)42-26-21(31)7-2-16(25(26)32)14-39-15-45/h2-7,12-13,15,17H,8-11,14H2,1H3,(H,39,45)(H,40,46)(H,41,42). The minimum Gasteiger partial charge on any atom is -0.406 e. The van der Waals surface area contributed by atoms with Gasteiger partial charge in [0.2, 0.25) is 12.4 Å². The van der Waals surface area contributed by atoms with E-state index in [0.29, 0.717) is 34.4 Å². The molecule has 0 saturated carbocycles. The molecule has 1 saturated heterocycles. The molecule has 4 aromatic rings. The second-order valence-corrected chi connectivity index (χ2v) is 11.5. The fourth-order valence-electron chi connectivity index (χ4n) is 5.28. The van der Waals surface area contributed by atoms with E-state index in [-0.39, 0.29) is 59.7 Å². The SMILES string of the molecule is Cn1c(Nc2c(Cl)ccc(CNC=O)c2Cl)nc2cc(C(=O)Nc3ccc(OC(F)(F)F)cc3)c(N3CCC(C(F)(F)F)CC3)cc21. The molecule has 0 bridgehead atoms. The highest BCUT2D eigenvalue weighted by atomic mass is 35.5. The largest absolute Gasteiger partial charge is 0.573 e. The number of halogens is 8. The first-order valence-electron chi connectivity index (χ1n) is 14.0. The summed E-state index contributed by atoms with van der Waals surface area (Å²) in [5.74, 6) is -2.35. The summed E-state index contributed by atoms with van der Waals surface area (Å²) in [4.78, 5) is 30.7. The predicted molar refractivity (Wildman–Crippen MR) is 165 cm³/mol. The molecule has 5 rings (SSSR count). The molecule has 9 nitrogen and oxygen atoms in total. The molecule has 0 unspecified atom stereocenters. The Kier molecular flexibility index (Phi) is 9.68. The number of aryl methyl sites for hydroxylation is 1. The highest BCUT2D eigenvalue weighted by Gasteiger charge is 2.41. The number of hydrogen-bond acceptors (Lipinski definition) is 6. The lowest BCUT2D eigenvalue weighted by Crippen LogP contribution is -2.39. The highest BCUT2D eigenvalue weighted by molar-refractivity contribution is 6.39. The monoisotopic (exact) mass is 702 g/mol. The van der Waals surface area contributed by atoms with Crippen LogP contribution in [0.3, 0.4) is 0 Å². The van der Waals surface area contributed by atoms with E-state index in [1.54, 1.807) is 34.7 Å². The molecule has 3 N–H and O–H groups in total. The summed E-state index contributed by atoms with van der Waals surface area (Å²) in [6, 6.07) is 10.9. The summed E-state index contributed by atoms with van der Waals surface area (Å²) in [6.07, 6.45) is -9.05. The van der Waals surface area contributed by atoms with Crippen molar-refractivity contribution in [3.8, 4) is 5.75 Å². The van der Waals surface area contributed by atoms with Crippen LogP contribution >= 0.6 is 23.2 Å². The fraction of sp³-hybridized carbons (Fsp3) is 0.300. The first-order valence-corrected chi connectivity index (χ1v) is 14.8. The lowest BCUT2D eigenvalue weighted by atomic mass is 9.95. The third-order valence-corrected chi connectivity index (χ3v) is 8.42. The van der Waals surface area contributed by atoms with Gasteiger partial charge in [-0.2, -0.15) is 13.2 Å². The minimum absolute atomic E-state index is 0.0230. The number of nitrogens with zero attached hydrogens (tertiary/aromatic N) is 3. The molecule has 1 aliphatic heterocycles. The van der Waals surface area contributed by atoms with Crippen LogP contribution in [0.25, 0.3) is 11.0 Å². The normalized spacial score (nSPS) is 14.3. The van der Waals surface area contributed by atoms with Gasteiger partial charge in [-0.15, -0.1) is 13.2 Å². The lowest BCUT2D eigenvalue weighted by molar-refractivity contribution is -0.274. The Hall–Kier alpha value is -4.37. The molecule has 1 aliphatic rings. The van der Waals surface area contributed by atoms with Crippen molar-refractivity contribution >= 4 is 69.6 Å². The first kappa shape index (κ1) is 34.0. The molecule has 0 aliphatic carbocycles. The predicted octanol–water partition coefficient (Wildman–Crippen LogP) is 7.80. The van der Waals surface area contributed by atoms with Gasteiger partial charge in [-0.1, -0.05) is 29.3 Å². The summed E-state index contributed by atoms with van der Waals surface area (Å²) in [7, 11) is 1.68. The molecule has 17 heteroatoms. The number of carbonyl (C=O) groups is 2. The zero-order valence-corrected chi connectivity index (χ0v) is 25.9. The zero-order valence-electron chi connectivity index (χ0n) is 24.4. The fourth-order valence-corrected chi connectivity index (χ4v) is 5.81. The zero-order chi connectivity index (χ0) is 34.1. The van der Waals surface area contributed by atoms with Crippen LogP contribution in [0.2, 0.25) is 10.0 Å². The number of imidazole rings is 1. The molecular formula is C30H26Cl2F6N6O3. The summed E-state index contributed by atoms with van der Waals surface area (Å²) >= 11 is 13.0. The van der Waals surface area contributed by atoms with E-state index in [2.05, 4.69) is 25.7 Å². The molecule has 1 fully saturated rings. The second-order valence-electron chi connectivity index (χ2n) is 10.7. The number of carbonyl (C=O) groups excluding carboxylic acids is 2. The third kappa shape index (κ3) is 7.79. The van der Waals surface area contributed by atoms with Crippen LogP contribution in [0.5, 0.6) is 5.75 Å². The molecule has 2 heterocycles. The molecule has 1 aromatic heterocycles. The maximum Gasteiger partial charge on any atom is 0.573 e. The smallest absolute Gasteiger partial charge is 0.406 e. The molecule has 2 amide bonds. The summed E-state index contributed by atoms with van der Waals surface area (Å²) in [5, 5.41) is 8.74. The number of alkyl halides is 6. The number of anilines is 4. The van der Waals surface area contributed by atoms with E-state index in [9.17, 15) is 35.9 Å². The van der Waals surface area contributed by atoms with Crippen LogP contribution in [0.15, 0.2) is 48.5 Å². The van der Waals surface area contributed by atoms with Crippen LogP contribution < -0.4 is 25.6 Å². The summed E-state index contributed by atoms with van der Waals surface area (Å²) in [5.41, 5.74) is 2.34. The maximum absolute atomic E-state index is 13.6. The maximum atomic E-state index is 13.6. The quantitative estimate of drug-likeness (QED) is 0.122. The molecule has 47 heavy (non-hydrogen) atoms. The third-order valence-electron chi connectivity index (χ3n) is 7.67. The number of fused-ring (bicyclic) bond motifs is 1. The number of rotatable bonds is 9. The number of hydrogen-bond donors (Lipinski definition) is 3. The van der Waals surface area contributed by atoms with Crippen molar-refractivity contribution in [2.75, 3.05) is 28.6 Å².